The highest BCUT2D eigenvalue weighted by Gasteiger charge is 2.05. The van der Waals surface area contributed by atoms with Gasteiger partial charge in [-0.2, -0.15) is 0 Å². The van der Waals surface area contributed by atoms with Crippen LogP contribution in [0.3, 0.4) is 0 Å². The van der Waals surface area contributed by atoms with Gasteiger partial charge in [0.25, 0.3) is 0 Å². The number of hydrogen-bond donors (Lipinski definition) is 3. The number of halogens is 1. The summed E-state index contributed by atoms with van der Waals surface area (Å²) < 4.78 is 0.995. The highest BCUT2D eigenvalue weighted by Crippen LogP contribution is 2.19. The first-order valence-corrected chi connectivity index (χ1v) is 8.27. The van der Waals surface area contributed by atoms with E-state index in [1.165, 1.54) is 0 Å². The van der Waals surface area contributed by atoms with Gasteiger partial charge in [-0.25, -0.2) is 0 Å². The van der Waals surface area contributed by atoms with Crippen molar-refractivity contribution in [2.75, 3.05) is 18.4 Å². The largest absolute Gasteiger partial charge is 0.370 e. The summed E-state index contributed by atoms with van der Waals surface area (Å²) in [6.07, 6.45) is 1.35. The average Bonchev–Trinajstić information content (AvgIpc) is 2.41. The molecule has 1 aromatic carbocycles. The number of carbonyl (C=O) groups excluding carboxylic acids is 1. The molecule has 0 spiro atoms. The molecule has 6 heteroatoms. The number of guanidine groups is 1. The second-order valence-corrected chi connectivity index (χ2v) is 6.55. The van der Waals surface area contributed by atoms with E-state index in [2.05, 4.69) is 45.4 Å². The molecular weight excluding hydrogens is 344 g/mol. The molecule has 0 fully saturated rings. The van der Waals surface area contributed by atoms with Crippen LogP contribution in [-0.2, 0) is 4.79 Å². The maximum Gasteiger partial charge on any atom is 0.226 e. The minimum absolute atomic E-state index is 0.0482. The van der Waals surface area contributed by atoms with Crippen molar-refractivity contribution in [2.45, 2.75) is 33.6 Å². The van der Waals surface area contributed by atoms with Crippen molar-refractivity contribution in [3.05, 3.63) is 28.2 Å². The maximum absolute atomic E-state index is 11.9. The molecule has 0 aliphatic carbocycles. The standard InChI is InChI=1S/C16H25BrN4O/c1-11(2)6-8-19-16(18)20-9-7-15(22)21-14-5-4-13(17)10-12(14)3/h4-5,10-11H,6-9H2,1-3H3,(H,21,22)(H3,18,19,20). The lowest BCUT2D eigenvalue weighted by Gasteiger charge is -2.09. The summed E-state index contributed by atoms with van der Waals surface area (Å²) in [4.78, 5) is 16.1. The van der Waals surface area contributed by atoms with Crippen molar-refractivity contribution in [1.29, 1.82) is 0 Å². The number of amides is 1. The molecule has 22 heavy (non-hydrogen) atoms. The third kappa shape index (κ3) is 7.45. The summed E-state index contributed by atoms with van der Waals surface area (Å²) in [6.45, 7) is 7.43. The molecule has 0 aliphatic rings. The minimum atomic E-state index is -0.0482. The molecule has 0 aromatic heterocycles. The third-order valence-corrected chi connectivity index (χ3v) is 3.60. The molecule has 0 heterocycles. The van der Waals surface area contributed by atoms with Gasteiger partial charge in [-0.05, 0) is 43.0 Å². The Kier molecular flexibility index (Phi) is 7.95. The number of anilines is 1. The van der Waals surface area contributed by atoms with Crippen molar-refractivity contribution in [3.8, 4) is 0 Å². The lowest BCUT2D eigenvalue weighted by molar-refractivity contribution is -0.116. The van der Waals surface area contributed by atoms with Gasteiger partial charge in [0.05, 0.1) is 0 Å². The molecule has 1 aromatic rings. The fourth-order valence-corrected chi connectivity index (χ4v) is 2.26. The fourth-order valence-electron chi connectivity index (χ4n) is 1.78. The van der Waals surface area contributed by atoms with Crippen LogP contribution in [-0.4, -0.2) is 25.0 Å². The van der Waals surface area contributed by atoms with E-state index in [0.29, 0.717) is 31.4 Å². The number of aryl methyl sites for hydroxylation is 1. The normalized spacial score (nSPS) is 11.6. The van der Waals surface area contributed by atoms with Crippen LogP contribution >= 0.6 is 15.9 Å². The zero-order chi connectivity index (χ0) is 16.5. The topological polar surface area (TPSA) is 79.5 Å². The predicted octanol–water partition coefficient (Wildman–Crippen LogP) is 3.04. The molecule has 0 saturated carbocycles. The van der Waals surface area contributed by atoms with Gasteiger partial charge >= 0.3 is 0 Å². The van der Waals surface area contributed by atoms with Crippen LogP contribution in [0, 0.1) is 12.8 Å². The number of nitrogens with two attached hydrogens (primary N) is 1. The quantitative estimate of drug-likeness (QED) is 0.511. The Balaban J connectivity index is 2.31. The van der Waals surface area contributed by atoms with E-state index in [0.717, 1.165) is 22.1 Å². The van der Waals surface area contributed by atoms with Crippen molar-refractivity contribution in [3.63, 3.8) is 0 Å². The van der Waals surface area contributed by atoms with Crippen LogP contribution in [0.25, 0.3) is 0 Å². The maximum atomic E-state index is 11.9. The van der Waals surface area contributed by atoms with E-state index in [1.54, 1.807) is 0 Å². The Labute approximate surface area is 140 Å². The van der Waals surface area contributed by atoms with E-state index in [4.69, 9.17) is 5.73 Å². The van der Waals surface area contributed by atoms with Gasteiger partial charge in [0.2, 0.25) is 5.91 Å². The summed E-state index contributed by atoms with van der Waals surface area (Å²) in [5.41, 5.74) is 7.59. The van der Waals surface area contributed by atoms with Gasteiger partial charge in [0, 0.05) is 29.7 Å². The van der Waals surface area contributed by atoms with E-state index in [1.807, 2.05) is 25.1 Å². The SMILES string of the molecule is Cc1cc(Br)ccc1NC(=O)CCNC(N)=NCCC(C)C. The Bertz CT molecular complexity index is 529. The van der Waals surface area contributed by atoms with Crippen LogP contribution in [0.1, 0.15) is 32.3 Å². The summed E-state index contributed by atoms with van der Waals surface area (Å²) in [5.74, 6) is 0.956. The Morgan fingerprint density at radius 2 is 2.14 bits per heavy atom. The third-order valence-electron chi connectivity index (χ3n) is 3.11. The number of benzene rings is 1. The monoisotopic (exact) mass is 368 g/mol. The molecule has 0 radical (unpaired) electrons. The lowest BCUT2D eigenvalue weighted by Crippen LogP contribution is -2.34. The summed E-state index contributed by atoms with van der Waals surface area (Å²) in [5, 5.41) is 5.85. The Hall–Kier alpha value is -1.56. The molecule has 0 bridgehead atoms. The molecule has 5 nitrogen and oxygen atoms in total. The summed E-state index contributed by atoms with van der Waals surface area (Å²) in [7, 11) is 0. The van der Waals surface area contributed by atoms with Gasteiger partial charge in [0.15, 0.2) is 5.96 Å². The molecule has 122 valence electrons. The van der Waals surface area contributed by atoms with E-state index >= 15 is 0 Å². The van der Waals surface area contributed by atoms with Crippen LogP contribution in [0.5, 0.6) is 0 Å². The van der Waals surface area contributed by atoms with Gasteiger partial charge in [-0.1, -0.05) is 29.8 Å². The first kappa shape index (κ1) is 18.5. The second-order valence-electron chi connectivity index (χ2n) is 5.63. The van der Waals surface area contributed by atoms with Crippen LogP contribution < -0.4 is 16.4 Å². The molecule has 1 rings (SSSR count). The van der Waals surface area contributed by atoms with Crippen molar-refractivity contribution in [2.24, 2.45) is 16.6 Å². The van der Waals surface area contributed by atoms with Gasteiger partial charge in [-0.3, -0.25) is 9.79 Å². The molecule has 4 N–H and O–H groups in total. The number of nitrogens with zero attached hydrogens (tertiary/aromatic N) is 1. The number of rotatable bonds is 7. The van der Waals surface area contributed by atoms with Crippen molar-refractivity contribution < 1.29 is 4.79 Å². The number of carbonyl (C=O) groups is 1. The van der Waals surface area contributed by atoms with Gasteiger partial charge in [0.1, 0.15) is 0 Å². The number of nitrogens with one attached hydrogen (secondary N) is 2. The van der Waals surface area contributed by atoms with Crippen LogP contribution in [0.4, 0.5) is 5.69 Å². The van der Waals surface area contributed by atoms with Crippen molar-refractivity contribution in [1.82, 2.24) is 5.32 Å². The highest BCUT2D eigenvalue weighted by molar-refractivity contribution is 9.10. The fraction of sp³-hybridized carbons (Fsp3) is 0.500. The Morgan fingerprint density at radius 1 is 1.41 bits per heavy atom. The van der Waals surface area contributed by atoms with E-state index in [9.17, 15) is 4.79 Å². The van der Waals surface area contributed by atoms with E-state index in [-0.39, 0.29) is 5.91 Å². The van der Waals surface area contributed by atoms with Crippen LogP contribution in [0.2, 0.25) is 0 Å². The molecule has 1 amide bonds. The first-order chi connectivity index (χ1) is 10.4. The predicted molar refractivity (Wildman–Crippen MR) is 96.1 cm³/mol. The second kappa shape index (κ2) is 9.46. The zero-order valence-corrected chi connectivity index (χ0v) is 15.0. The Morgan fingerprint density at radius 3 is 2.77 bits per heavy atom. The number of aliphatic imine (C=N–C) groups is 1. The lowest BCUT2D eigenvalue weighted by atomic mass is 10.1. The summed E-state index contributed by atoms with van der Waals surface area (Å²) in [6, 6.07) is 5.75. The van der Waals surface area contributed by atoms with Crippen LogP contribution in [0.15, 0.2) is 27.7 Å². The van der Waals surface area contributed by atoms with Gasteiger partial charge < -0.3 is 16.4 Å². The first-order valence-electron chi connectivity index (χ1n) is 7.48. The molecule has 0 unspecified atom stereocenters. The van der Waals surface area contributed by atoms with E-state index < -0.39 is 0 Å². The van der Waals surface area contributed by atoms with Crippen molar-refractivity contribution >= 4 is 33.5 Å². The zero-order valence-electron chi connectivity index (χ0n) is 13.4. The molecule has 0 atom stereocenters. The number of hydrogen-bond acceptors (Lipinski definition) is 2. The molecule has 0 aliphatic heterocycles. The summed E-state index contributed by atoms with van der Waals surface area (Å²) >= 11 is 3.40. The minimum Gasteiger partial charge on any atom is -0.370 e. The molecular formula is C16H25BrN4O. The molecule has 0 saturated heterocycles. The highest BCUT2D eigenvalue weighted by atomic mass is 79.9. The average molecular weight is 369 g/mol. The van der Waals surface area contributed by atoms with Gasteiger partial charge in [-0.15, -0.1) is 0 Å². The smallest absolute Gasteiger partial charge is 0.226 e.